The Kier molecular flexibility index (Phi) is 8.09. The summed E-state index contributed by atoms with van der Waals surface area (Å²) in [5.74, 6) is 1.96. The van der Waals surface area contributed by atoms with E-state index in [1.54, 1.807) is 0 Å². The van der Waals surface area contributed by atoms with E-state index in [1.807, 2.05) is 60.7 Å². The number of fused-ring (bicyclic) bond motifs is 3. The fourth-order valence-corrected chi connectivity index (χ4v) is 6.78. The van der Waals surface area contributed by atoms with Crippen LogP contribution in [0.4, 0.5) is 0 Å². The first kappa shape index (κ1) is 30.2. The maximum absolute atomic E-state index is 4.97. The van der Waals surface area contributed by atoms with Gasteiger partial charge in [0.05, 0.1) is 0 Å². The summed E-state index contributed by atoms with van der Waals surface area (Å²) in [6.45, 7) is 4.43. The summed E-state index contributed by atoms with van der Waals surface area (Å²) >= 11 is 0. The summed E-state index contributed by atoms with van der Waals surface area (Å²) in [5.41, 5.74) is 10.1. The predicted octanol–water partition coefficient (Wildman–Crippen LogP) is 12.2. The van der Waals surface area contributed by atoms with Crippen LogP contribution in [0.5, 0.6) is 0 Å². The molecule has 0 saturated heterocycles. The van der Waals surface area contributed by atoms with Gasteiger partial charge in [0.1, 0.15) is 0 Å². The van der Waals surface area contributed by atoms with Gasteiger partial charge in [0.2, 0.25) is 0 Å². The van der Waals surface area contributed by atoms with Crippen LogP contribution in [-0.2, 0) is 0 Å². The lowest BCUT2D eigenvalue weighted by molar-refractivity contribution is 1.07. The van der Waals surface area contributed by atoms with Crippen molar-refractivity contribution in [2.75, 3.05) is 0 Å². The molecule has 8 rings (SSSR count). The lowest BCUT2D eigenvalue weighted by Gasteiger charge is -2.17. The summed E-state index contributed by atoms with van der Waals surface area (Å²) in [6.07, 6.45) is 5.55. The van der Waals surface area contributed by atoms with Gasteiger partial charge in [-0.2, -0.15) is 0 Å². The molecule has 49 heavy (non-hydrogen) atoms. The number of allylic oxidation sites excluding steroid dienone is 1. The smallest absolute Gasteiger partial charge is 0.164 e. The molecule has 1 heterocycles. The van der Waals surface area contributed by atoms with E-state index in [4.69, 9.17) is 15.0 Å². The van der Waals surface area contributed by atoms with Crippen LogP contribution >= 0.6 is 0 Å². The van der Waals surface area contributed by atoms with Crippen LogP contribution in [0.1, 0.15) is 24.5 Å². The summed E-state index contributed by atoms with van der Waals surface area (Å²) in [6, 6.07) is 53.1. The number of aromatic nitrogens is 3. The van der Waals surface area contributed by atoms with Crippen molar-refractivity contribution in [3.05, 3.63) is 169 Å². The van der Waals surface area contributed by atoms with Gasteiger partial charge < -0.3 is 0 Å². The molecule has 0 radical (unpaired) electrons. The van der Waals surface area contributed by atoms with Gasteiger partial charge in [-0.1, -0.05) is 159 Å². The summed E-state index contributed by atoms with van der Waals surface area (Å²) in [7, 11) is 0. The molecular weight excluding hydrogens is 595 g/mol. The molecule has 0 aliphatic rings. The van der Waals surface area contributed by atoms with E-state index in [2.05, 4.69) is 117 Å². The van der Waals surface area contributed by atoms with Crippen molar-refractivity contribution in [3.63, 3.8) is 0 Å². The van der Waals surface area contributed by atoms with Gasteiger partial charge in [0.25, 0.3) is 0 Å². The highest BCUT2D eigenvalue weighted by molar-refractivity contribution is 6.18. The van der Waals surface area contributed by atoms with Crippen LogP contribution in [0.25, 0.3) is 84.0 Å². The highest BCUT2D eigenvalue weighted by atomic mass is 15.0. The average molecular weight is 630 g/mol. The number of aryl methyl sites for hydroxylation is 1. The third kappa shape index (κ3) is 5.81. The first-order chi connectivity index (χ1) is 24.2. The fraction of sp³-hybridized carbons (Fsp3) is 0.0652. The molecule has 1 aromatic heterocycles. The van der Waals surface area contributed by atoms with Gasteiger partial charge in [0.15, 0.2) is 17.5 Å². The van der Waals surface area contributed by atoms with Crippen molar-refractivity contribution in [3.8, 4) is 56.4 Å². The minimum Gasteiger partial charge on any atom is -0.208 e. The monoisotopic (exact) mass is 629 g/mol. The minimum atomic E-state index is 0.647. The van der Waals surface area contributed by atoms with Crippen LogP contribution in [0, 0.1) is 6.92 Å². The van der Waals surface area contributed by atoms with Gasteiger partial charge in [-0.3, -0.25) is 0 Å². The van der Waals surface area contributed by atoms with Crippen LogP contribution in [0.2, 0.25) is 0 Å². The van der Waals surface area contributed by atoms with Crippen LogP contribution < -0.4 is 0 Å². The SMILES string of the molecule is CC/C=C\c1c(C)c2ccccc2c2c(-c3cccc(-c4cccc(-c5nc(-c6ccccc6)nc(-c6ccccc6)n5)c4)c3)cccc12. The van der Waals surface area contributed by atoms with E-state index in [1.165, 1.54) is 43.8 Å². The summed E-state index contributed by atoms with van der Waals surface area (Å²) in [5, 5.41) is 5.15. The lowest BCUT2D eigenvalue weighted by atomic mass is 9.87. The molecule has 234 valence electrons. The zero-order chi connectivity index (χ0) is 33.2. The molecule has 0 aliphatic heterocycles. The molecule has 3 heteroatoms. The molecule has 0 spiro atoms. The highest BCUT2D eigenvalue weighted by Crippen LogP contribution is 2.40. The number of rotatable bonds is 7. The second-order valence-corrected chi connectivity index (χ2v) is 12.3. The van der Waals surface area contributed by atoms with E-state index < -0.39 is 0 Å². The van der Waals surface area contributed by atoms with Gasteiger partial charge >= 0.3 is 0 Å². The van der Waals surface area contributed by atoms with Gasteiger partial charge in [0, 0.05) is 16.7 Å². The summed E-state index contributed by atoms with van der Waals surface area (Å²) in [4.78, 5) is 14.8. The quantitative estimate of drug-likeness (QED) is 0.165. The summed E-state index contributed by atoms with van der Waals surface area (Å²) < 4.78 is 0. The third-order valence-electron chi connectivity index (χ3n) is 9.21. The van der Waals surface area contributed by atoms with Crippen LogP contribution in [0.3, 0.4) is 0 Å². The van der Waals surface area contributed by atoms with E-state index in [-0.39, 0.29) is 0 Å². The molecule has 0 amide bonds. The van der Waals surface area contributed by atoms with Crippen molar-refractivity contribution in [1.29, 1.82) is 0 Å². The maximum Gasteiger partial charge on any atom is 0.164 e. The Morgan fingerprint density at radius 1 is 0.449 bits per heavy atom. The zero-order valence-electron chi connectivity index (χ0n) is 27.6. The van der Waals surface area contributed by atoms with Crippen molar-refractivity contribution < 1.29 is 0 Å². The molecule has 7 aromatic carbocycles. The maximum atomic E-state index is 4.97. The molecule has 0 atom stereocenters. The van der Waals surface area contributed by atoms with E-state index in [0.717, 1.165) is 34.2 Å². The van der Waals surface area contributed by atoms with Crippen LogP contribution in [-0.4, -0.2) is 15.0 Å². The second kappa shape index (κ2) is 13.1. The molecule has 0 bridgehead atoms. The Morgan fingerprint density at radius 3 is 1.55 bits per heavy atom. The minimum absolute atomic E-state index is 0.647. The fourth-order valence-electron chi connectivity index (χ4n) is 6.78. The number of hydrogen-bond acceptors (Lipinski definition) is 3. The molecule has 0 aliphatic carbocycles. The number of hydrogen-bond donors (Lipinski definition) is 0. The van der Waals surface area contributed by atoms with Crippen LogP contribution in [0.15, 0.2) is 158 Å². The molecule has 0 fully saturated rings. The zero-order valence-corrected chi connectivity index (χ0v) is 27.6. The number of benzene rings is 7. The molecule has 3 nitrogen and oxygen atoms in total. The second-order valence-electron chi connectivity index (χ2n) is 12.3. The van der Waals surface area contributed by atoms with Crippen molar-refractivity contribution in [2.45, 2.75) is 20.3 Å². The standard InChI is InChI=1S/C46H35N3/c1-3-4-24-38-31(2)39-25-11-12-26-41(39)43-40(27-15-28-42(38)43)36-22-13-20-34(29-36)35-21-14-23-37(30-35)46-48-44(32-16-7-5-8-17-32)47-45(49-46)33-18-9-6-10-19-33/h4-30H,3H2,1-2H3/b24-4-. The van der Waals surface area contributed by atoms with E-state index in [9.17, 15) is 0 Å². The normalized spacial score (nSPS) is 11.5. The van der Waals surface area contributed by atoms with Crippen molar-refractivity contribution in [1.82, 2.24) is 15.0 Å². The average Bonchev–Trinajstić information content (AvgIpc) is 3.18. The van der Waals surface area contributed by atoms with E-state index in [0.29, 0.717) is 17.5 Å². The highest BCUT2D eigenvalue weighted by Gasteiger charge is 2.16. The van der Waals surface area contributed by atoms with Gasteiger partial charge in [-0.05, 0) is 80.4 Å². The Morgan fingerprint density at radius 2 is 0.918 bits per heavy atom. The Hall–Kier alpha value is -6.19. The lowest BCUT2D eigenvalue weighted by Crippen LogP contribution is -2.00. The molecule has 0 N–H and O–H groups in total. The molecule has 0 unspecified atom stereocenters. The third-order valence-corrected chi connectivity index (χ3v) is 9.21. The Labute approximate surface area is 287 Å². The van der Waals surface area contributed by atoms with Crippen molar-refractivity contribution >= 4 is 27.6 Å². The van der Waals surface area contributed by atoms with Crippen molar-refractivity contribution in [2.24, 2.45) is 0 Å². The molecule has 0 saturated carbocycles. The Bertz CT molecular complexity index is 2420. The molecular formula is C46H35N3. The predicted molar refractivity (Wildman–Crippen MR) is 206 cm³/mol. The number of nitrogens with zero attached hydrogens (tertiary/aromatic N) is 3. The van der Waals surface area contributed by atoms with Gasteiger partial charge in [-0.15, -0.1) is 0 Å². The van der Waals surface area contributed by atoms with E-state index >= 15 is 0 Å². The Balaban J connectivity index is 1.26. The van der Waals surface area contributed by atoms with Gasteiger partial charge in [-0.25, -0.2) is 15.0 Å². The first-order valence-corrected chi connectivity index (χ1v) is 16.9. The molecule has 8 aromatic rings. The topological polar surface area (TPSA) is 38.7 Å². The largest absolute Gasteiger partial charge is 0.208 e. The first-order valence-electron chi connectivity index (χ1n) is 16.9.